The smallest absolute Gasteiger partial charge is 1.00 e. The topological polar surface area (TPSA) is 85.2 Å². The van der Waals surface area contributed by atoms with E-state index in [1.807, 2.05) is 6.92 Å². The van der Waals surface area contributed by atoms with Crippen molar-refractivity contribution in [2.45, 2.75) is 40.0 Å². The molecule has 24 heavy (non-hydrogen) atoms. The minimum Gasteiger partial charge on any atom is -1.00 e. The maximum absolute atomic E-state index is 12.5. The van der Waals surface area contributed by atoms with Crippen molar-refractivity contribution in [2.75, 3.05) is 13.7 Å². The number of oxime groups is 1. The molecule has 130 valence electrons. The molecular formula is C17H26NNaO5. The minimum atomic E-state index is -0.901. The first-order valence-electron chi connectivity index (χ1n) is 7.64. The van der Waals surface area contributed by atoms with Crippen molar-refractivity contribution in [3.05, 3.63) is 24.0 Å². The number of esters is 1. The number of aliphatic hydroxyl groups excluding tert-OH is 1. The van der Waals surface area contributed by atoms with Gasteiger partial charge in [-0.2, -0.15) is 0 Å². The molecule has 1 unspecified atom stereocenters. The van der Waals surface area contributed by atoms with Gasteiger partial charge in [0.25, 0.3) is 0 Å². The van der Waals surface area contributed by atoms with Crippen LogP contribution in [0.2, 0.25) is 0 Å². The Bertz CT molecular complexity index is 557. The first kappa shape index (κ1) is 22.9. The first-order valence-corrected chi connectivity index (χ1v) is 7.64. The van der Waals surface area contributed by atoms with Crippen molar-refractivity contribution in [1.29, 1.82) is 0 Å². The minimum absolute atomic E-state index is 0. The molecule has 0 aromatic heterocycles. The van der Waals surface area contributed by atoms with E-state index in [-0.39, 0.29) is 61.1 Å². The fourth-order valence-corrected chi connectivity index (χ4v) is 2.74. The maximum Gasteiger partial charge on any atom is 1.00 e. The predicted molar refractivity (Wildman–Crippen MR) is 88.2 cm³/mol. The molecule has 1 atom stereocenters. The number of nitrogens with zero attached hydrogens (tertiary/aromatic N) is 1. The van der Waals surface area contributed by atoms with Crippen LogP contribution >= 0.6 is 0 Å². The van der Waals surface area contributed by atoms with Gasteiger partial charge in [-0.3, -0.25) is 9.59 Å². The monoisotopic (exact) mass is 347 g/mol. The molecule has 6 nitrogen and oxygen atoms in total. The van der Waals surface area contributed by atoms with Crippen LogP contribution in [-0.2, 0) is 19.2 Å². The van der Waals surface area contributed by atoms with Gasteiger partial charge in [-0.15, -0.1) is 0 Å². The molecule has 0 spiro atoms. The van der Waals surface area contributed by atoms with Crippen molar-refractivity contribution in [1.82, 2.24) is 0 Å². The Morgan fingerprint density at radius 1 is 1.54 bits per heavy atom. The molecule has 0 saturated heterocycles. The second-order valence-electron chi connectivity index (χ2n) is 6.18. The summed E-state index contributed by atoms with van der Waals surface area (Å²) in [7, 11) is 1.26. The summed E-state index contributed by atoms with van der Waals surface area (Å²) in [4.78, 5) is 29.7. The normalized spacial score (nSPS) is 20.2. The number of hydrogen-bond acceptors (Lipinski definition) is 6. The average molecular weight is 347 g/mol. The van der Waals surface area contributed by atoms with Gasteiger partial charge in [-0.05, 0) is 11.8 Å². The molecular weight excluding hydrogens is 321 g/mol. The van der Waals surface area contributed by atoms with Gasteiger partial charge in [-0.25, -0.2) is 0 Å². The summed E-state index contributed by atoms with van der Waals surface area (Å²) in [6, 6.07) is 0. The van der Waals surface area contributed by atoms with Crippen molar-refractivity contribution >= 4 is 17.5 Å². The van der Waals surface area contributed by atoms with Crippen LogP contribution in [0.5, 0.6) is 0 Å². The van der Waals surface area contributed by atoms with E-state index in [9.17, 15) is 14.7 Å². The number of Topliss-reactive ketones (excluding diaryl/α,β-unsaturated/α-hetero) is 1. The summed E-state index contributed by atoms with van der Waals surface area (Å²) in [6.07, 6.45) is 2.82. The molecule has 1 aliphatic rings. The van der Waals surface area contributed by atoms with E-state index in [2.05, 4.69) is 11.7 Å². The third-order valence-electron chi connectivity index (χ3n) is 3.79. The fourth-order valence-electron chi connectivity index (χ4n) is 2.74. The van der Waals surface area contributed by atoms with Crippen LogP contribution in [0.4, 0.5) is 0 Å². The zero-order valence-electron chi connectivity index (χ0n) is 16.2. The first-order chi connectivity index (χ1) is 10.8. The molecule has 0 aromatic rings. The number of rotatable bonds is 7. The van der Waals surface area contributed by atoms with Crippen LogP contribution in [0.3, 0.4) is 0 Å². The van der Waals surface area contributed by atoms with E-state index in [0.717, 1.165) is 0 Å². The van der Waals surface area contributed by atoms with Crippen LogP contribution < -0.4 is 29.6 Å². The van der Waals surface area contributed by atoms with E-state index < -0.39 is 17.3 Å². The third kappa shape index (κ3) is 5.19. The van der Waals surface area contributed by atoms with Gasteiger partial charge in [0.05, 0.1) is 18.4 Å². The number of aliphatic hydroxyl groups is 1. The molecule has 0 amide bonds. The quantitative estimate of drug-likeness (QED) is 0.176. The zero-order valence-corrected chi connectivity index (χ0v) is 17.2. The molecule has 0 bridgehead atoms. The second-order valence-corrected chi connectivity index (χ2v) is 6.18. The van der Waals surface area contributed by atoms with Crippen molar-refractivity contribution < 1.29 is 55.3 Å². The number of hydrogen-bond donors (Lipinski definition) is 1. The summed E-state index contributed by atoms with van der Waals surface area (Å²) in [5.74, 6) is -2.00. The predicted octanol–water partition coefficient (Wildman–Crippen LogP) is 0.0619. The molecule has 0 saturated carbocycles. The fraction of sp³-hybridized carbons (Fsp3) is 0.588. The zero-order chi connectivity index (χ0) is 17.6. The number of ketones is 1. The Balaban J connectivity index is 0. The second kappa shape index (κ2) is 10.0. The van der Waals surface area contributed by atoms with Gasteiger partial charge in [0.1, 0.15) is 18.3 Å². The standard InChI is InChI=1S/C17H25NO5.Na.H/c1-6-8-11(18-23-9-7-2)13-12(19)10-17(3,4)14(15(13)20)16(21)22-5;;/h7,14,20H,2,6,8-10H2,1,3-5H3;;/q;+1;-1. The SMILES string of the molecule is C=CCON=C(CCC)C1=C(O)C(C(=O)OC)C(C)(C)CC1=O.[H-].[Na+]. The van der Waals surface area contributed by atoms with Crippen molar-refractivity contribution in [3.8, 4) is 0 Å². The maximum atomic E-state index is 12.5. The molecule has 7 heteroatoms. The third-order valence-corrected chi connectivity index (χ3v) is 3.79. The van der Waals surface area contributed by atoms with E-state index in [4.69, 9.17) is 9.57 Å². The summed E-state index contributed by atoms with van der Waals surface area (Å²) >= 11 is 0. The molecule has 0 fully saturated rings. The van der Waals surface area contributed by atoms with Crippen LogP contribution in [0.15, 0.2) is 29.1 Å². The Morgan fingerprint density at radius 3 is 2.67 bits per heavy atom. The van der Waals surface area contributed by atoms with Crippen molar-refractivity contribution in [3.63, 3.8) is 0 Å². The number of allylic oxidation sites excluding steroid dienone is 1. The van der Waals surface area contributed by atoms with E-state index in [0.29, 0.717) is 18.6 Å². The Kier molecular flexibility index (Phi) is 9.55. The van der Waals surface area contributed by atoms with E-state index in [1.54, 1.807) is 13.8 Å². The summed E-state index contributed by atoms with van der Waals surface area (Å²) in [5, 5.41) is 14.5. The van der Waals surface area contributed by atoms with Crippen LogP contribution in [0, 0.1) is 11.3 Å². The molecule has 1 rings (SSSR count). The van der Waals surface area contributed by atoms with Gasteiger partial charge in [0.15, 0.2) is 5.78 Å². The van der Waals surface area contributed by atoms with Crippen LogP contribution in [0.25, 0.3) is 0 Å². The molecule has 0 radical (unpaired) electrons. The molecule has 0 aliphatic heterocycles. The average Bonchev–Trinajstić information content (AvgIpc) is 2.45. The Hall–Kier alpha value is -1.11. The molecule has 0 aromatic carbocycles. The van der Waals surface area contributed by atoms with Gasteiger partial charge >= 0.3 is 35.5 Å². The van der Waals surface area contributed by atoms with E-state index in [1.165, 1.54) is 13.2 Å². The van der Waals surface area contributed by atoms with Gasteiger partial charge in [0.2, 0.25) is 0 Å². The van der Waals surface area contributed by atoms with Gasteiger partial charge in [-0.1, -0.05) is 45.0 Å². The number of carbonyl (C=O) groups is 2. The molecule has 1 N–H and O–H groups in total. The van der Waals surface area contributed by atoms with Crippen LogP contribution in [0.1, 0.15) is 41.5 Å². The number of carbonyl (C=O) groups excluding carboxylic acids is 2. The van der Waals surface area contributed by atoms with Crippen LogP contribution in [-0.4, -0.2) is 36.3 Å². The summed E-state index contributed by atoms with van der Waals surface area (Å²) < 4.78 is 4.79. The summed E-state index contributed by atoms with van der Waals surface area (Å²) in [5.41, 5.74) is -0.302. The van der Waals surface area contributed by atoms with Gasteiger partial charge < -0.3 is 16.1 Å². The number of ether oxygens (including phenoxy) is 1. The van der Waals surface area contributed by atoms with E-state index >= 15 is 0 Å². The molecule has 1 aliphatic carbocycles. The van der Waals surface area contributed by atoms with Gasteiger partial charge in [0, 0.05) is 6.42 Å². The molecule has 0 heterocycles. The summed E-state index contributed by atoms with van der Waals surface area (Å²) in [6.45, 7) is 9.16. The number of methoxy groups -OCH3 is 1. The van der Waals surface area contributed by atoms with Crippen molar-refractivity contribution in [2.24, 2.45) is 16.5 Å². The Morgan fingerprint density at radius 2 is 2.17 bits per heavy atom. The Labute approximate surface area is 166 Å². The largest absolute Gasteiger partial charge is 1.00 e.